The second-order valence-corrected chi connectivity index (χ2v) is 4.89. The highest BCUT2D eigenvalue weighted by Gasteiger charge is 2.37. The number of nitrogens with zero attached hydrogens (tertiary/aromatic N) is 2. The summed E-state index contributed by atoms with van der Waals surface area (Å²) < 4.78 is 36.4. The van der Waals surface area contributed by atoms with Gasteiger partial charge in [-0.25, -0.2) is 9.97 Å². The van der Waals surface area contributed by atoms with E-state index in [1.165, 1.54) is 6.20 Å². The monoisotopic (exact) mass is 300 g/mol. The molecule has 0 radical (unpaired) electrons. The van der Waals surface area contributed by atoms with Crippen molar-refractivity contribution in [2.24, 2.45) is 0 Å². The fourth-order valence-electron chi connectivity index (χ4n) is 0.738. The van der Waals surface area contributed by atoms with E-state index in [0.29, 0.717) is 5.16 Å². The highest BCUT2D eigenvalue weighted by atomic mass is 79.9. The van der Waals surface area contributed by atoms with Gasteiger partial charge >= 0.3 is 6.18 Å². The first kappa shape index (κ1) is 12.8. The predicted octanol–water partition coefficient (Wildman–Crippen LogP) is 3.20. The van der Waals surface area contributed by atoms with Crippen LogP contribution in [0.15, 0.2) is 17.4 Å². The number of aryl methyl sites for hydroxylation is 1. The van der Waals surface area contributed by atoms with Crippen LogP contribution in [0.2, 0.25) is 0 Å². The van der Waals surface area contributed by atoms with Crippen molar-refractivity contribution in [3.05, 3.63) is 18.0 Å². The van der Waals surface area contributed by atoms with E-state index in [0.717, 1.165) is 17.5 Å². The number of hydrogen-bond acceptors (Lipinski definition) is 3. The van der Waals surface area contributed by atoms with Crippen molar-refractivity contribution in [3.63, 3.8) is 0 Å². The first-order valence-electron chi connectivity index (χ1n) is 4.03. The van der Waals surface area contributed by atoms with Crippen molar-refractivity contribution in [1.82, 2.24) is 9.97 Å². The van der Waals surface area contributed by atoms with Gasteiger partial charge in [-0.3, -0.25) is 0 Å². The summed E-state index contributed by atoms with van der Waals surface area (Å²) in [5.41, 5.74) is 0.741. The molecular formula is C8H8BrF3N2S. The van der Waals surface area contributed by atoms with Crippen molar-refractivity contribution in [2.45, 2.75) is 23.1 Å². The smallest absolute Gasteiger partial charge is 0.231 e. The summed E-state index contributed by atoms with van der Waals surface area (Å²) in [6, 6.07) is 1.69. The molecular weight excluding hydrogens is 293 g/mol. The standard InChI is InChI=1S/C8H8BrF3N2S/c1-5-2-3-13-7(14-5)15-4-6(9)8(10,11)12/h2-3,6H,4H2,1H3. The number of hydrogen-bond donors (Lipinski definition) is 0. The van der Waals surface area contributed by atoms with E-state index in [1.807, 2.05) is 0 Å². The Morgan fingerprint density at radius 1 is 1.53 bits per heavy atom. The second kappa shape index (κ2) is 5.16. The molecule has 1 heterocycles. The van der Waals surface area contributed by atoms with Gasteiger partial charge in [-0.1, -0.05) is 27.7 Å². The van der Waals surface area contributed by atoms with Crippen LogP contribution >= 0.6 is 27.7 Å². The molecule has 15 heavy (non-hydrogen) atoms. The summed E-state index contributed by atoms with van der Waals surface area (Å²) in [7, 11) is 0. The molecule has 0 aliphatic carbocycles. The highest BCUT2D eigenvalue weighted by Crippen LogP contribution is 2.30. The minimum Gasteiger partial charge on any atom is -0.231 e. The van der Waals surface area contributed by atoms with Gasteiger partial charge in [-0.05, 0) is 13.0 Å². The Bertz CT molecular complexity index is 332. The molecule has 0 bridgehead atoms. The number of thioether (sulfide) groups is 1. The number of rotatable bonds is 3. The van der Waals surface area contributed by atoms with Crippen LogP contribution < -0.4 is 0 Å². The van der Waals surface area contributed by atoms with Crippen molar-refractivity contribution < 1.29 is 13.2 Å². The van der Waals surface area contributed by atoms with Gasteiger partial charge in [-0.2, -0.15) is 13.2 Å². The van der Waals surface area contributed by atoms with Gasteiger partial charge in [0, 0.05) is 17.6 Å². The van der Waals surface area contributed by atoms with Crippen LogP contribution in [0, 0.1) is 6.92 Å². The molecule has 0 saturated heterocycles. The molecule has 7 heteroatoms. The van der Waals surface area contributed by atoms with Crippen LogP contribution in [0.3, 0.4) is 0 Å². The Morgan fingerprint density at radius 2 is 2.20 bits per heavy atom. The molecule has 1 aromatic heterocycles. The molecule has 1 rings (SSSR count). The maximum atomic E-state index is 12.1. The second-order valence-electron chi connectivity index (χ2n) is 2.80. The largest absolute Gasteiger partial charge is 0.402 e. The summed E-state index contributed by atoms with van der Waals surface area (Å²) in [5.74, 6) is -0.132. The molecule has 0 spiro atoms. The first-order valence-corrected chi connectivity index (χ1v) is 5.93. The normalized spacial score (nSPS) is 13.9. The Labute approximate surface area is 97.8 Å². The Hall–Kier alpha value is -0.300. The minimum atomic E-state index is -4.23. The van der Waals surface area contributed by atoms with Gasteiger partial charge in [0.15, 0.2) is 5.16 Å². The van der Waals surface area contributed by atoms with Crippen molar-refractivity contribution >= 4 is 27.7 Å². The van der Waals surface area contributed by atoms with Crippen LogP contribution in [0.1, 0.15) is 5.69 Å². The lowest BCUT2D eigenvalue weighted by molar-refractivity contribution is -0.122. The van der Waals surface area contributed by atoms with E-state index in [-0.39, 0.29) is 5.75 Å². The van der Waals surface area contributed by atoms with Crippen molar-refractivity contribution in [1.29, 1.82) is 0 Å². The van der Waals surface area contributed by atoms with E-state index in [1.54, 1.807) is 13.0 Å². The molecule has 0 fully saturated rings. The summed E-state index contributed by atoms with van der Waals surface area (Å²) >= 11 is 3.55. The van der Waals surface area contributed by atoms with E-state index < -0.39 is 11.0 Å². The molecule has 1 aromatic rings. The van der Waals surface area contributed by atoms with Crippen LogP contribution in [-0.4, -0.2) is 26.7 Å². The molecule has 1 unspecified atom stereocenters. The maximum Gasteiger partial charge on any atom is 0.402 e. The highest BCUT2D eigenvalue weighted by molar-refractivity contribution is 9.09. The fourth-order valence-corrected chi connectivity index (χ4v) is 1.96. The van der Waals surface area contributed by atoms with Gasteiger partial charge < -0.3 is 0 Å². The van der Waals surface area contributed by atoms with E-state index in [9.17, 15) is 13.2 Å². The molecule has 0 aliphatic rings. The summed E-state index contributed by atoms with van der Waals surface area (Å²) in [4.78, 5) is 6.32. The Balaban J connectivity index is 2.51. The molecule has 1 atom stereocenters. The van der Waals surface area contributed by atoms with Crippen LogP contribution in [-0.2, 0) is 0 Å². The van der Waals surface area contributed by atoms with E-state index >= 15 is 0 Å². The zero-order valence-electron chi connectivity index (χ0n) is 7.75. The fraction of sp³-hybridized carbons (Fsp3) is 0.500. The first-order chi connectivity index (χ1) is 6.89. The van der Waals surface area contributed by atoms with Gasteiger partial charge in [0.25, 0.3) is 0 Å². The van der Waals surface area contributed by atoms with Crippen LogP contribution in [0.5, 0.6) is 0 Å². The predicted molar refractivity (Wildman–Crippen MR) is 56.3 cm³/mol. The third-order valence-corrected chi connectivity index (χ3v) is 3.71. The SMILES string of the molecule is Cc1ccnc(SCC(Br)C(F)(F)F)n1. The lowest BCUT2D eigenvalue weighted by Crippen LogP contribution is -2.24. The average molecular weight is 301 g/mol. The van der Waals surface area contributed by atoms with Gasteiger partial charge in [-0.15, -0.1) is 0 Å². The Morgan fingerprint density at radius 3 is 2.73 bits per heavy atom. The third-order valence-electron chi connectivity index (χ3n) is 1.49. The zero-order valence-corrected chi connectivity index (χ0v) is 10.2. The number of alkyl halides is 4. The van der Waals surface area contributed by atoms with E-state index in [2.05, 4.69) is 25.9 Å². The minimum absolute atomic E-state index is 0.132. The lowest BCUT2D eigenvalue weighted by atomic mass is 10.5. The van der Waals surface area contributed by atoms with E-state index in [4.69, 9.17) is 0 Å². The molecule has 0 N–H and O–H groups in total. The maximum absolute atomic E-state index is 12.1. The molecule has 0 aliphatic heterocycles. The zero-order chi connectivity index (χ0) is 11.5. The van der Waals surface area contributed by atoms with Gasteiger partial charge in [0.1, 0.15) is 4.83 Å². The Kier molecular flexibility index (Phi) is 4.39. The van der Waals surface area contributed by atoms with Crippen LogP contribution in [0.25, 0.3) is 0 Å². The third kappa shape index (κ3) is 4.38. The lowest BCUT2D eigenvalue weighted by Gasteiger charge is -2.12. The molecule has 0 aromatic carbocycles. The van der Waals surface area contributed by atoms with Gasteiger partial charge in [0.2, 0.25) is 0 Å². The summed E-state index contributed by atoms with van der Waals surface area (Å²) in [6.07, 6.45) is -2.70. The molecule has 84 valence electrons. The number of aromatic nitrogens is 2. The number of halogens is 4. The quantitative estimate of drug-likeness (QED) is 0.487. The molecule has 0 amide bonds. The van der Waals surface area contributed by atoms with Gasteiger partial charge in [0.05, 0.1) is 0 Å². The molecule has 2 nitrogen and oxygen atoms in total. The summed E-state index contributed by atoms with van der Waals surface area (Å²) in [5, 5.41) is 0.365. The van der Waals surface area contributed by atoms with Crippen molar-refractivity contribution in [2.75, 3.05) is 5.75 Å². The summed E-state index contributed by atoms with van der Waals surface area (Å²) in [6.45, 7) is 1.76. The molecule has 0 saturated carbocycles. The van der Waals surface area contributed by atoms with Crippen LogP contribution in [0.4, 0.5) is 13.2 Å². The topological polar surface area (TPSA) is 25.8 Å². The van der Waals surface area contributed by atoms with Crippen molar-refractivity contribution in [3.8, 4) is 0 Å². The average Bonchev–Trinajstić information content (AvgIpc) is 2.12.